The minimum atomic E-state index is -0.982. The van der Waals surface area contributed by atoms with E-state index < -0.39 is 24.3 Å². The summed E-state index contributed by atoms with van der Waals surface area (Å²) in [4.78, 5) is 39.2. The minimum absolute atomic E-state index is 0.0397. The number of imide groups is 1. The van der Waals surface area contributed by atoms with Gasteiger partial charge in [0.25, 0.3) is 5.91 Å². The molecular weight excluding hydrogens is 624 g/mol. The summed E-state index contributed by atoms with van der Waals surface area (Å²) in [7, 11) is 1.78. The second kappa shape index (κ2) is 14.9. The molecule has 4 unspecified atom stereocenters. The van der Waals surface area contributed by atoms with Crippen molar-refractivity contribution in [2.24, 2.45) is 7.05 Å². The number of benzene rings is 3. The third-order valence-electron chi connectivity index (χ3n) is 7.94. The molecule has 13 nitrogen and oxygen atoms in total. The number of likely N-dealkylation sites (tertiary alicyclic amines) is 1. The summed E-state index contributed by atoms with van der Waals surface area (Å²) in [6.45, 7) is 0.0792. The van der Waals surface area contributed by atoms with E-state index in [0.29, 0.717) is 17.3 Å². The van der Waals surface area contributed by atoms with Gasteiger partial charge in [0.2, 0.25) is 11.1 Å². The van der Waals surface area contributed by atoms with Gasteiger partial charge in [0.1, 0.15) is 12.6 Å². The summed E-state index contributed by atoms with van der Waals surface area (Å²) >= 11 is 1.50. The number of hydrogen-bond acceptors (Lipinski definition) is 11. The lowest BCUT2D eigenvalue weighted by molar-refractivity contribution is -0.245. The second-order valence-corrected chi connectivity index (χ2v) is 12.3. The van der Waals surface area contributed by atoms with Crippen molar-refractivity contribution in [3.63, 3.8) is 0 Å². The normalized spacial score (nSPS) is 21.2. The standard InChI is InChI=1S/C33H34N6O7S/c1-38-32(35-36-37-38)47-20-26-15-28(24-11-9-22(18-40)10-12-24)46-31(45-26)25-13-7-21(8-14-25)17-39-29(41)16-27(30(39)42)34-33(43)44-19-23-5-3-2-4-6-23/h2-14,26-28,31,40H,15-20H2,1H3,(H,34,43). The van der Waals surface area contributed by atoms with Crippen molar-refractivity contribution in [1.29, 1.82) is 0 Å². The van der Waals surface area contributed by atoms with E-state index in [0.717, 1.165) is 32.7 Å². The Balaban J connectivity index is 1.08. The number of nitrogens with one attached hydrogen (secondary N) is 1. The number of nitrogens with zero attached hydrogens (tertiary/aromatic N) is 5. The SMILES string of the molecule is Cn1nnnc1SCC1CC(c2ccc(CO)cc2)OC(c2ccc(CN3C(=O)CC(NC(=O)OCc4ccccc4)C3=O)cc2)O1. The first-order valence-electron chi connectivity index (χ1n) is 15.1. The topological polar surface area (TPSA) is 158 Å². The number of rotatable bonds is 11. The maximum Gasteiger partial charge on any atom is 0.408 e. The number of ether oxygens (including phenoxy) is 3. The molecule has 2 saturated heterocycles. The number of aryl methyl sites for hydroxylation is 1. The number of tetrazole rings is 1. The lowest BCUT2D eigenvalue weighted by atomic mass is 10.0. The Bertz CT molecular complexity index is 1690. The van der Waals surface area contributed by atoms with Crippen LogP contribution in [0, 0.1) is 0 Å². The number of hydrogen-bond donors (Lipinski definition) is 2. The van der Waals surface area contributed by atoms with E-state index in [4.69, 9.17) is 14.2 Å². The smallest absolute Gasteiger partial charge is 0.408 e. The van der Waals surface area contributed by atoms with Crippen molar-refractivity contribution < 1.29 is 33.7 Å². The number of alkyl carbamates (subject to hydrolysis) is 1. The Hall–Kier alpha value is -4.63. The van der Waals surface area contributed by atoms with Crippen LogP contribution >= 0.6 is 11.8 Å². The Morgan fingerprint density at radius 2 is 1.70 bits per heavy atom. The lowest BCUT2D eigenvalue weighted by Crippen LogP contribution is -2.41. The third kappa shape index (κ3) is 8.03. The molecule has 0 bridgehead atoms. The lowest BCUT2D eigenvalue weighted by Gasteiger charge is -2.36. The fourth-order valence-corrected chi connectivity index (χ4v) is 6.23. The molecule has 2 N–H and O–H groups in total. The summed E-state index contributed by atoms with van der Waals surface area (Å²) < 4.78 is 19.6. The average molecular weight is 659 g/mol. The van der Waals surface area contributed by atoms with Crippen molar-refractivity contribution in [3.8, 4) is 0 Å². The predicted octanol–water partition coefficient (Wildman–Crippen LogP) is 3.59. The maximum absolute atomic E-state index is 13.0. The van der Waals surface area contributed by atoms with E-state index in [2.05, 4.69) is 20.8 Å². The van der Waals surface area contributed by atoms with Crippen LogP contribution in [0.5, 0.6) is 0 Å². The Morgan fingerprint density at radius 1 is 0.979 bits per heavy atom. The van der Waals surface area contributed by atoms with Gasteiger partial charge in [0, 0.05) is 24.8 Å². The van der Waals surface area contributed by atoms with E-state index in [9.17, 15) is 19.5 Å². The molecule has 0 spiro atoms. The number of aliphatic hydroxyl groups is 1. The van der Waals surface area contributed by atoms with Crippen LogP contribution in [-0.4, -0.2) is 66.0 Å². The van der Waals surface area contributed by atoms with Gasteiger partial charge >= 0.3 is 6.09 Å². The van der Waals surface area contributed by atoms with Gasteiger partial charge in [0.15, 0.2) is 6.29 Å². The highest BCUT2D eigenvalue weighted by atomic mass is 32.2. The van der Waals surface area contributed by atoms with E-state index in [1.165, 1.54) is 11.8 Å². The van der Waals surface area contributed by atoms with Gasteiger partial charge < -0.3 is 24.6 Å². The largest absolute Gasteiger partial charge is 0.445 e. The first kappa shape index (κ1) is 32.3. The molecule has 3 aromatic carbocycles. The quantitative estimate of drug-likeness (QED) is 0.179. The molecule has 6 rings (SSSR count). The molecule has 3 amide bonds. The van der Waals surface area contributed by atoms with Gasteiger partial charge in [-0.3, -0.25) is 14.5 Å². The van der Waals surface area contributed by atoms with Gasteiger partial charge in [-0.1, -0.05) is 90.6 Å². The van der Waals surface area contributed by atoms with Gasteiger partial charge in [-0.2, -0.15) is 0 Å². The van der Waals surface area contributed by atoms with E-state index in [1.807, 2.05) is 78.9 Å². The van der Waals surface area contributed by atoms with E-state index in [-0.39, 0.29) is 44.3 Å². The summed E-state index contributed by atoms with van der Waals surface area (Å²) in [5.41, 5.74) is 4.11. The molecule has 0 aliphatic carbocycles. The molecule has 3 heterocycles. The zero-order valence-corrected chi connectivity index (χ0v) is 26.4. The molecular formula is C33H34N6O7S. The van der Waals surface area contributed by atoms with Gasteiger partial charge in [-0.25, -0.2) is 9.48 Å². The zero-order chi connectivity index (χ0) is 32.8. The van der Waals surface area contributed by atoms with Crippen LogP contribution in [0.15, 0.2) is 84.0 Å². The Morgan fingerprint density at radius 3 is 2.40 bits per heavy atom. The first-order chi connectivity index (χ1) is 22.9. The third-order valence-corrected chi connectivity index (χ3v) is 9.08. The van der Waals surface area contributed by atoms with Gasteiger partial charge in [-0.05, 0) is 32.7 Å². The van der Waals surface area contributed by atoms with Crippen LogP contribution in [0.25, 0.3) is 0 Å². The number of carbonyl (C=O) groups excluding carboxylic acids is 3. The number of aromatic nitrogens is 4. The Labute approximate surface area is 275 Å². The average Bonchev–Trinajstić information content (AvgIpc) is 3.63. The molecule has 1 aromatic heterocycles. The first-order valence-corrected chi connectivity index (χ1v) is 16.1. The van der Waals surface area contributed by atoms with Crippen LogP contribution in [0.1, 0.15) is 53.1 Å². The minimum Gasteiger partial charge on any atom is -0.445 e. The van der Waals surface area contributed by atoms with E-state index >= 15 is 0 Å². The molecule has 4 aromatic rings. The van der Waals surface area contributed by atoms with Crippen molar-refractivity contribution in [3.05, 3.63) is 107 Å². The van der Waals surface area contributed by atoms with Gasteiger partial charge in [-0.15, -0.1) is 5.10 Å². The summed E-state index contributed by atoms with van der Waals surface area (Å²) in [5, 5.41) is 24.3. The van der Waals surface area contributed by atoms with Crippen LogP contribution in [-0.2, 0) is 50.6 Å². The highest BCUT2D eigenvalue weighted by molar-refractivity contribution is 7.99. The molecule has 4 atom stereocenters. The van der Waals surface area contributed by atoms with Crippen LogP contribution < -0.4 is 5.32 Å². The summed E-state index contributed by atoms with van der Waals surface area (Å²) in [6, 6.07) is 23.2. The molecule has 2 aliphatic heterocycles. The number of amides is 3. The molecule has 2 fully saturated rings. The molecule has 0 saturated carbocycles. The fraction of sp³-hybridized carbons (Fsp3) is 0.333. The fourth-order valence-electron chi connectivity index (χ4n) is 5.37. The molecule has 244 valence electrons. The van der Waals surface area contributed by atoms with Crippen LogP contribution in [0.2, 0.25) is 0 Å². The highest BCUT2D eigenvalue weighted by Gasteiger charge is 2.40. The van der Waals surface area contributed by atoms with Crippen molar-refractivity contribution >= 4 is 29.7 Å². The maximum atomic E-state index is 13.0. The van der Waals surface area contributed by atoms with Gasteiger partial charge in [0.05, 0.1) is 31.8 Å². The molecule has 0 radical (unpaired) electrons. The van der Waals surface area contributed by atoms with Crippen molar-refractivity contribution in [2.75, 3.05) is 5.75 Å². The monoisotopic (exact) mass is 658 g/mol. The van der Waals surface area contributed by atoms with Crippen molar-refractivity contribution in [2.45, 2.75) is 62.3 Å². The number of aliphatic hydroxyl groups excluding tert-OH is 1. The predicted molar refractivity (Wildman–Crippen MR) is 168 cm³/mol. The van der Waals surface area contributed by atoms with Crippen LogP contribution in [0.4, 0.5) is 4.79 Å². The number of thioether (sulfide) groups is 1. The highest BCUT2D eigenvalue weighted by Crippen LogP contribution is 2.39. The molecule has 14 heteroatoms. The Kier molecular flexibility index (Phi) is 10.2. The van der Waals surface area contributed by atoms with Crippen molar-refractivity contribution in [1.82, 2.24) is 30.4 Å². The second-order valence-electron chi connectivity index (χ2n) is 11.3. The summed E-state index contributed by atoms with van der Waals surface area (Å²) in [5.74, 6) is -0.256. The van der Waals surface area contributed by atoms with E-state index in [1.54, 1.807) is 11.7 Å². The number of carbonyl (C=O) groups is 3. The molecule has 47 heavy (non-hydrogen) atoms. The van der Waals surface area contributed by atoms with Crippen LogP contribution in [0.3, 0.4) is 0 Å². The zero-order valence-electron chi connectivity index (χ0n) is 25.6. The summed E-state index contributed by atoms with van der Waals surface area (Å²) in [6.07, 6.45) is -1.39. The molecule has 2 aliphatic rings.